The molecule has 4 nitrogen and oxygen atoms in total. The van der Waals surface area contributed by atoms with Gasteiger partial charge in [0.2, 0.25) is 0 Å². The maximum atomic E-state index is 9.04. The van der Waals surface area contributed by atoms with E-state index in [-0.39, 0.29) is 0 Å². The second-order valence-corrected chi connectivity index (χ2v) is 3.30. The molecule has 0 N–H and O–H groups in total. The summed E-state index contributed by atoms with van der Waals surface area (Å²) in [5, 5.41) is 9.04. The van der Waals surface area contributed by atoms with Crippen LogP contribution in [0, 0.1) is 11.3 Å². The summed E-state index contributed by atoms with van der Waals surface area (Å²) in [5.74, 6) is 1.77. The molecule has 0 aromatic carbocycles. The molecule has 4 heteroatoms. The lowest BCUT2D eigenvalue weighted by Gasteiger charge is -2.24. The quantitative estimate of drug-likeness (QED) is 0.623. The summed E-state index contributed by atoms with van der Waals surface area (Å²) < 4.78 is 0. The van der Waals surface area contributed by atoms with Crippen molar-refractivity contribution in [1.29, 1.82) is 5.26 Å². The van der Waals surface area contributed by atoms with E-state index in [1.165, 1.54) is 0 Å². The Bertz CT molecular complexity index is 395. The normalized spacial score (nSPS) is 20.2. The Morgan fingerprint density at radius 3 is 3.00 bits per heavy atom. The maximum Gasteiger partial charge on any atom is 0.149 e. The molecule has 0 aliphatic carbocycles. The molecule has 2 aliphatic rings. The van der Waals surface area contributed by atoms with Gasteiger partial charge < -0.3 is 4.90 Å². The molecule has 0 fully saturated rings. The predicted molar refractivity (Wildman–Crippen MR) is 55.0 cm³/mol. The number of amidine groups is 2. The highest BCUT2D eigenvalue weighted by atomic mass is 15.3. The van der Waals surface area contributed by atoms with Crippen LogP contribution in [-0.4, -0.2) is 29.7 Å². The zero-order valence-electron chi connectivity index (χ0n) is 8.41. The summed E-state index contributed by atoms with van der Waals surface area (Å²) in [6.07, 6.45) is 0.785. The van der Waals surface area contributed by atoms with Crippen molar-refractivity contribution in [1.82, 2.24) is 4.90 Å². The lowest BCUT2D eigenvalue weighted by molar-refractivity contribution is 0.652. The van der Waals surface area contributed by atoms with Gasteiger partial charge in [0.05, 0.1) is 12.2 Å². The van der Waals surface area contributed by atoms with Gasteiger partial charge in [0.15, 0.2) is 0 Å². The van der Waals surface area contributed by atoms with Crippen LogP contribution in [0.1, 0.15) is 20.3 Å². The molecule has 0 aromatic rings. The first kappa shape index (κ1) is 8.95. The van der Waals surface area contributed by atoms with E-state index < -0.39 is 0 Å². The van der Waals surface area contributed by atoms with Gasteiger partial charge in [0, 0.05) is 6.54 Å². The third kappa shape index (κ3) is 1.13. The van der Waals surface area contributed by atoms with E-state index in [1.807, 2.05) is 18.7 Å². The van der Waals surface area contributed by atoms with Crippen LogP contribution in [0.5, 0.6) is 0 Å². The SMILES string of the molecule is CCC1=C(C#N)C2=NCCN2C(C)=N1. The standard InChI is InChI=1S/C10H12N4/c1-3-9-8(6-11)10-12-4-5-14(10)7(2)13-9/h3-5H2,1-2H3. The molecule has 14 heavy (non-hydrogen) atoms. The fraction of sp³-hybridized carbons (Fsp3) is 0.500. The van der Waals surface area contributed by atoms with E-state index in [2.05, 4.69) is 16.1 Å². The van der Waals surface area contributed by atoms with Gasteiger partial charge in [0.25, 0.3) is 0 Å². The second kappa shape index (κ2) is 3.26. The van der Waals surface area contributed by atoms with E-state index in [9.17, 15) is 0 Å². The minimum atomic E-state index is 0.649. The summed E-state index contributed by atoms with van der Waals surface area (Å²) in [6.45, 7) is 5.59. The molecular formula is C10H12N4. The highest BCUT2D eigenvalue weighted by molar-refractivity contribution is 6.14. The van der Waals surface area contributed by atoms with Gasteiger partial charge in [-0.25, -0.2) is 4.99 Å². The van der Waals surface area contributed by atoms with Crippen molar-refractivity contribution in [3.63, 3.8) is 0 Å². The number of nitrogens with zero attached hydrogens (tertiary/aromatic N) is 4. The molecule has 0 saturated heterocycles. The topological polar surface area (TPSA) is 51.8 Å². The fourth-order valence-corrected chi connectivity index (χ4v) is 1.79. The average Bonchev–Trinajstić information content (AvgIpc) is 2.66. The van der Waals surface area contributed by atoms with Crippen molar-refractivity contribution in [2.45, 2.75) is 20.3 Å². The molecule has 2 rings (SSSR count). The van der Waals surface area contributed by atoms with Crippen LogP contribution in [0.2, 0.25) is 0 Å². The number of hydrogen-bond donors (Lipinski definition) is 0. The van der Waals surface area contributed by atoms with Crippen molar-refractivity contribution in [2.24, 2.45) is 9.98 Å². The molecule has 0 amide bonds. The van der Waals surface area contributed by atoms with Gasteiger partial charge in [-0.15, -0.1) is 0 Å². The van der Waals surface area contributed by atoms with Crippen LogP contribution in [-0.2, 0) is 0 Å². The summed E-state index contributed by atoms with van der Waals surface area (Å²) in [6, 6.07) is 2.20. The summed E-state index contributed by atoms with van der Waals surface area (Å²) in [7, 11) is 0. The van der Waals surface area contributed by atoms with Gasteiger partial charge in [-0.3, -0.25) is 4.99 Å². The molecular weight excluding hydrogens is 176 g/mol. The summed E-state index contributed by atoms with van der Waals surface area (Å²) in [5.41, 5.74) is 1.51. The molecule has 72 valence electrons. The first-order chi connectivity index (χ1) is 6.77. The Morgan fingerprint density at radius 1 is 1.57 bits per heavy atom. The molecule has 0 spiro atoms. The Labute approximate surface area is 83.3 Å². The minimum absolute atomic E-state index is 0.649. The highest BCUT2D eigenvalue weighted by Gasteiger charge is 2.28. The average molecular weight is 188 g/mol. The van der Waals surface area contributed by atoms with Gasteiger partial charge in [0.1, 0.15) is 23.3 Å². The molecule has 0 saturated carbocycles. The number of hydrogen-bond acceptors (Lipinski definition) is 4. The zero-order valence-corrected chi connectivity index (χ0v) is 8.41. The first-order valence-corrected chi connectivity index (χ1v) is 4.78. The van der Waals surface area contributed by atoms with Crippen LogP contribution in [0.25, 0.3) is 0 Å². The van der Waals surface area contributed by atoms with Crippen molar-refractivity contribution < 1.29 is 0 Å². The van der Waals surface area contributed by atoms with E-state index in [0.29, 0.717) is 5.57 Å². The van der Waals surface area contributed by atoms with Gasteiger partial charge in [-0.2, -0.15) is 5.26 Å². The highest BCUT2D eigenvalue weighted by Crippen LogP contribution is 2.22. The first-order valence-electron chi connectivity index (χ1n) is 4.78. The third-order valence-electron chi connectivity index (χ3n) is 2.49. The fourth-order valence-electron chi connectivity index (χ4n) is 1.79. The number of nitriles is 1. The third-order valence-corrected chi connectivity index (χ3v) is 2.49. The lowest BCUT2D eigenvalue weighted by atomic mass is 10.1. The smallest absolute Gasteiger partial charge is 0.149 e. The zero-order chi connectivity index (χ0) is 10.1. The number of rotatable bonds is 1. The maximum absolute atomic E-state index is 9.04. The Hall–Kier alpha value is -1.63. The van der Waals surface area contributed by atoms with Crippen LogP contribution in [0.4, 0.5) is 0 Å². The van der Waals surface area contributed by atoms with Crippen LogP contribution in [0.15, 0.2) is 21.3 Å². The molecule has 0 bridgehead atoms. The van der Waals surface area contributed by atoms with Crippen molar-refractivity contribution in [2.75, 3.05) is 13.1 Å². The van der Waals surface area contributed by atoms with E-state index in [4.69, 9.17) is 5.26 Å². The van der Waals surface area contributed by atoms with Crippen LogP contribution < -0.4 is 0 Å². The lowest BCUT2D eigenvalue weighted by Crippen LogP contribution is -2.36. The summed E-state index contributed by atoms with van der Waals surface area (Å²) in [4.78, 5) is 10.8. The number of allylic oxidation sites excluding steroid dienone is 1. The minimum Gasteiger partial charge on any atom is -0.312 e. The molecule has 2 aliphatic heterocycles. The predicted octanol–water partition coefficient (Wildman–Crippen LogP) is 1.32. The number of aliphatic imine (C=N–C) groups is 2. The monoisotopic (exact) mass is 188 g/mol. The Kier molecular flexibility index (Phi) is 2.08. The molecule has 0 radical (unpaired) electrons. The van der Waals surface area contributed by atoms with E-state index in [1.54, 1.807) is 0 Å². The van der Waals surface area contributed by atoms with Crippen molar-refractivity contribution in [3.05, 3.63) is 11.3 Å². The largest absolute Gasteiger partial charge is 0.312 e. The number of fused-ring (bicyclic) bond motifs is 1. The Balaban J connectivity index is 2.53. The van der Waals surface area contributed by atoms with Gasteiger partial charge in [-0.05, 0) is 13.3 Å². The van der Waals surface area contributed by atoms with Gasteiger partial charge in [-0.1, -0.05) is 6.92 Å². The molecule has 0 atom stereocenters. The van der Waals surface area contributed by atoms with E-state index >= 15 is 0 Å². The van der Waals surface area contributed by atoms with Crippen LogP contribution >= 0.6 is 0 Å². The van der Waals surface area contributed by atoms with Crippen molar-refractivity contribution >= 4 is 11.7 Å². The molecule has 0 unspecified atom stereocenters. The van der Waals surface area contributed by atoms with Crippen molar-refractivity contribution in [3.8, 4) is 6.07 Å². The van der Waals surface area contributed by atoms with E-state index in [0.717, 1.165) is 36.9 Å². The second-order valence-electron chi connectivity index (χ2n) is 3.30. The molecule has 2 heterocycles. The van der Waals surface area contributed by atoms with Crippen LogP contribution in [0.3, 0.4) is 0 Å². The molecule has 0 aromatic heterocycles. The summed E-state index contributed by atoms with van der Waals surface area (Å²) >= 11 is 0. The van der Waals surface area contributed by atoms with Gasteiger partial charge >= 0.3 is 0 Å². The Morgan fingerprint density at radius 2 is 2.36 bits per heavy atom.